The topological polar surface area (TPSA) is 35.2 Å². The summed E-state index contributed by atoms with van der Waals surface area (Å²) in [7, 11) is 1.72. The van der Waals surface area contributed by atoms with Gasteiger partial charge in [0.1, 0.15) is 0 Å². The highest BCUT2D eigenvalue weighted by Gasteiger charge is 2.14. The van der Waals surface area contributed by atoms with Crippen LogP contribution in [-0.2, 0) is 4.74 Å². The first kappa shape index (κ1) is 11.9. The van der Waals surface area contributed by atoms with Gasteiger partial charge < -0.3 is 10.5 Å². The first-order chi connectivity index (χ1) is 5.61. The van der Waals surface area contributed by atoms with Gasteiger partial charge in [-0.05, 0) is 19.3 Å². The largest absolute Gasteiger partial charge is 0.380 e. The third kappa shape index (κ3) is 4.73. The summed E-state index contributed by atoms with van der Waals surface area (Å²) < 4.78 is 5.17. The Kier molecular flexibility index (Phi) is 6.39. The molecule has 0 spiro atoms. The van der Waals surface area contributed by atoms with Gasteiger partial charge in [-0.15, -0.1) is 0 Å². The molecule has 0 aromatic carbocycles. The zero-order chi connectivity index (χ0) is 9.56. The lowest BCUT2D eigenvalue weighted by Crippen LogP contribution is -2.35. The second kappa shape index (κ2) is 6.44. The zero-order valence-corrected chi connectivity index (χ0v) is 8.84. The molecule has 0 amide bonds. The Labute approximate surface area is 76.5 Å². The lowest BCUT2D eigenvalue weighted by Gasteiger charge is -2.21. The average molecular weight is 173 g/mol. The summed E-state index contributed by atoms with van der Waals surface area (Å²) in [6.07, 6.45) is 3.77. The minimum absolute atomic E-state index is 0.185. The maximum absolute atomic E-state index is 5.93. The van der Waals surface area contributed by atoms with E-state index in [9.17, 15) is 0 Å². The Bertz CT molecular complexity index is 106. The maximum atomic E-state index is 5.93. The van der Waals surface area contributed by atoms with Crippen LogP contribution < -0.4 is 5.73 Å². The fourth-order valence-corrected chi connectivity index (χ4v) is 1.44. The molecule has 0 heterocycles. The van der Waals surface area contributed by atoms with Gasteiger partial charge in [-0.3, -0.25) is 0 Å². The van der Waals surface area contributed by atoms with E-state index in [1.165, 1.54) is 12.8 Å². The molecule has 3 unspecified atom stereocenters. The Hall–Kier alpha value is -0.0800. The number of methoxy groups -OCH3 is 1. The van der Waals surface area contributed by atoms with Crippen molar-refractivity contribution in [2.45, 2.75) is 52.2 Å². The molecule has 0 aromatic rings. The normalized spacial score (nSPS) is 18.8. The van der Waals surface area contributed by atoms with E-state index in [0.717, 1.165) is 12.3 Å². The molecule has 12 heavy (non-hydrogen) atoms. The van der Waals surface area contributed by atoms with Crippen LogP contribution in [0.2, 0.25) is 0 Å². The molecule has 74 valence electrons. The van der Waals surface area contributed by atoms with Gasteiger partial charge in [-0.1, -0.05) is 26.7 Å². The van der Waals surface area contributed by atoms with E-state index in [0.29, 0.717) is 0 Å². The van der Waals surface area contributed by atoms with Crippen molar-refractivity contribution in [1.29, 1.82) is 0 Å². The molecule has 0 radical (unpaired) electrons. The highest BCUT2D eigenvalue weighted by atomic mass is 16.5. The van der Waals surface area contributed by atoms with Crippen molar-refractivity contribution >= 4 is 0 Å². The van der Waals surface area contributed by atoms with Crippen molar-refractivity contribution in [1.82, 2.24) is 0 Å². The Morgan fingerprint density at radius 2 is 1.92 bits per heavy atom. The highest BCUT2D eigenvalue weighted by Crippen LogP contribution is 2.13. The van der Waals surface area contributed by atoms with Gasteiger partial charge in [-0.2, -0.15) is 0 Å². The van der Waals surface area contributed by atoms with E-state index in [-0.39, 0.29) is 12.1 Å². The zero-order valence-electron chi connectivity index (χ0n) is 8.84. The van der Waals surface area contributed by atoms with Gasteiger partial charge in [0.2, 0.25) is 0 Å². The predicted molar refractivity (Wildman–Crippen MR) is 53.1 cm³/mol. The van der Waals surface area contributed by atoms with Crippen LogP contribution in [0.15, 0.2) is 0 Å². The molecule has 3 atom stereocenters. The molecule has 0 rings (SSSR count). The van der Waals surface area contributed by atoms with Crippen LogP contribution in [0.25, 0.3) is 0 Å². The molecule has 2 nitrogen and oxygen atoms in total. The molecule has 0 saturated heterocycles. The van der Waals surface area contributed by atoms with Gasteiger partial charge in [0.25, 0.3) is 0 Å². The average Bonchev–Trinajstić information content (AvgIpc) is 2.03. The van der Waals surface area contributed by atoms with Gasteiger partial charge >= 0.3 is 0 Å². The lowest BCUT2D eigenvalue weighted by molar-refractivity contribution is 0.0876. The molecule has 0 aromatic heterocycles. The first-order valence-corrected chi connectivity index (χ1v) is 4.90. The smallest absolute Gasteiger partial charge is 0.0694 e. The van der Waals surface area contributed by atoms with Gasteiger partial charge in [-0.25, -0.2) is 0 Å². The number of hydrogen-bond acceptors (Lipinski definition) is 2. The van der Waals surface area contributed by atoms with Crippen LogP contribution in [0, 0.1) is 5.92 Å². The summed E-state index contributed by atoms with van der Waals surface area (Å²) in [4.78, 5) is 0. The van der Waals surface area contributed by atoms with Crippen LogP contribution in [0.3, 0.4) is 0 Å². The minimum atomic E-state index is 0.185. The Morgan fingerprint density at radius 3 is 2.33 bits per heavy atom. The molecule has 0 aliphatic rings. The van der Waals surface area contributed by atoms with Crippen molar-refractivity contribution in [2.75, 3.05) is 7.11 Å². The summed E-state index contributed by atoms with van der Waals surface area (Å²) in [5, 5.41) is 0. The van der Waals surface area contributed by atoms with Gasteiger partial charge in [0.05, 0.1) is 6.10 Å². The number of nitrogens with two attached hydrogens (primary N) is 1. The van der Waals surface area contributed by atoms with Crippen molar-refractivity contribution in [3.8, 4) is 0 Å². The summed E-state index contributed by atoms with van der Waals surface area (Å²) in [6.45, 7) is 6.50. The summed E-state index contributed by atoms with van der Waals surface area (Å²) >= 11 is 0. The molecular weight excluding hydrogens is 150 g/mol. The number of rotatable bonds is 6. The number of ether oxygens (including phenoxy) is 1. The Balaban J connectivity index is 3.59. The third-order valence-corrected chi connectivity index (χ3v) is 2.43. The molecule has 0 fully saturated rings. The van der Waals surface area contributed by atoms with Crippen LogP contribution in [0.5, 0.6) is 0 Å². The van der Waals surface area contributed by atoms with Gasteiger partial charge in [0, 0.05) is 13.2 Å². The maximum Gasteiger partial charge on any atom is 0.0694 e. The summed E-state index contributed by atoms with van der Waals surface area (Å²) in [5.41, 5.74) is 5.93. The van der Waals surface area contributed by atoms with Crippen molar-refractivity contribution in [3.63, 3.8) is 0 Å². The Morgan fingerprint density at radius 1 is 1.33 bits per heavy atom. The molecule has 0 aliphatic heterocycles. The summed E-state index contributed by atoms with van der Waals surface area (Å²) in [6, 6.07) is 0.191. The molecule has 0 bridgehead atoms. The lowest BCUT2D eigenvalue weighted by atomic mass is 9.95. The minimum Gasteiger partial charge on any atom is -0.380 e. The van der Waals surface area contributed by atoms with E-state index in [1.807, 2.05) is 6.92 Å². The van der Waals surface area contributed by atoms with E-state index in [2.05, 4.69) is 13.8 Å². The van der Waals surface area contributed by atoms with Crippen molar-refractivity contribution in [3.05, 3.63) is 0 Å². The molecule has 2 heteroatoms. The highest BCUT2D eigenvalue weighted by molar-refractivity contribution is 4.71. The molecule has 2 N–H and O–H groups in total. The van der Waals surface area contributed by atoms with Crippen molar-refractivity contribution < 1.29 is 4.74 Å². The monoisotopic (exact) mass is 173 g/mol. The fourth-order valence-electron chi connectivity index (χ4n) is 1.44. The third-order valence-electron chi connectivity index (χ3n) is 2.43. The number of hydrogen-bond donors (Lipinski definition) is 1. The van der Waals surface area contributed by atoms with E-state index in [1.54, 1.807) is 7.11 Å². The van der Waals surface area contributed by atoms with E-state index < -0.39 is 0 Å². The van der Waals surface area contributed by atoms with Crippen LogP contribution in [-0.4, -0.2) is 19.3 Å². The van der Waals surface area contributed by atoms with E-state index in [4.69, 9.17) is 10.5 Å². The molecular formula is C10H23NO. The van der Waals surface area contributed by atoms with Crippen molar-refractivity contribution in [2.24, 2.45) is 11.7 Å². The predicted octanol–water partition coefficient (Wildman–Crippen LogP) is 2.17. The van der Waals surface area contributed by atoms with Crippen LogP contribution in [0.4, 0.5) is 0 Å². The van der Waals surface area contributed by atoms with Crippen LogP contribution >= 0.6 is 0 Å². The molecule has 0 saturated carbocycles. The fraction of sp³-hybridized carbons (Fsp3) is 1.00. The van der Waals surface area contributed by atoms with Crippen LogP contribution in [0.1, 0.15) is 40.0 Å². The summed E-state index contributed by atoms with van der Waals surface area (Å²) in [5.74, 6) is 0.725. The quantitative estimate of drug-likeness (QED) is 0.668. The second-order valence-corrected chi connectivity index (χ2v) is 3.73. The van der Waals surface area contributed by atoms with E-state index >= 15 is 0 Å². The standard InChI is InChI=1S/C10H23NO/c1-5-6-8(2)7-10(11)9(3)12-4/h8-10H,5-7,11H2,1-4H3. The van der Waals surface area contributed by atoms with Gasteiger partial charge in [0.15, 0.2) is 0 Å². The molecule has 0 aliphatic carbocycles. The first-order valence-electron chi connectivity index (χ1n) is 4.90. The second-order valence-electron chi connectivity index (χ2n) is 3.73. The SMILES string of the molecule is CCCC(C)CC(N)C(C)OC.